The highest BCUT2D eigenvalue weighted by atomic mass is 16.4. The van der Waals surface area contributed by atoms with Crippen molar-refractivity contribution in [2.24, 2.45) is 5.92 Å². The van der Waals surface area contributed by atoms with Crippen molar-refractivity contribution in [1.82, 2.24) is 4.57 Å². The molecule has 0 aliphatic carbocycles. The molecule has 0 amide bonds. The molecule has 1 aromatic heterocycles. The molecule has 0 bridgehead atoms. The summed E-state index contributed by atoms with van der Waals surface area (Å²) in [5.74, 6) is -0.277. The lowest BCUT2D eigenvalue weighted by molar-refractivity contribution is 0.0684. The van der Waals surface area contributed by atoms with Crippen molar-refractivity contribution in [1.29, 1.82) is 0 Å². The summed E-state index contributed by atoms with van der Waals surface area (Å²) in [6.07, 6.45) is 0.985. The van der Waals surface area contributed by atoms with E-state index >= 15 is 0 Å². The minimum Gasteiger partial charge on any atom is -0.477 e. The highest BCUT2D eigenvalue weighted by molar-refractivity contribution is 5.98. The predicted octanol–water partition coefficient (Wildman–Crippen LogP) is 3.69. The first kappa shape index (κ1) is 12.7. The second-order valence-electron chi connectivity index (χ2n) is 5.13. The van der Waals surface area contributed by atoms with Crippen LogP contribution in [0.25, 0.3) is 10.9 Å². The predicted molar refractivity (Wildman–Crippen MR) is 73.1 cm³/mol. The zero-order chi connectivity index (χ0) is 13.3. The van der Waals surface area contributed by atoms with Crippen LogP contribution < -0.4 is 0 Å². The molecule has 2 aromatic rings. The van der Waals surface area contributed by atoms with Gasteiger partial charge in [0.2, 0.25) is 0 Å². The summed E-state index contributed by atoms with van der Waals surface area (Å²) in [5.41, 5.74) is 2.31. The number of aryl methyl sites for hydroxylation is 2. The molecule has 1 N–H and O–H groups in total. The third kappa shape index (κ3) is 2.13. The highest BCUT2D eigenvalue weighted by Crippen LogP contribution is 2.26. The van der Waals surface area contributed by atoms with Crippen LogP contribution in [0, 0.1) is 12.8 Å². The molecule has 0 atom stereocenters. The van der Waals surface area contributed by atoms with Crippen molar-refractivity contribution < 1.29 is 9.90 Å². The van der Waals surface area contributed by atoms with E-state index in [4.69, 9.17) is 0 Å². The van der Waals surface area contributed by atoms with Gasteiger partial charge in [-0.25, -0.2) is 4.79 Å². The number of aromatic carboxylic acids is 1. The van der Waals surface area contributed by atoms with Gasteiger partial charge in [0.15, 0.2) is 0 Å². The molecule has 1 heterocycles. The fourth-order valence-corrected chi connectivity index (χ4v) is 2.37. The summed E-state index contributed by atoms with van der Waals surface area (Å²) in [4.78, 5) is 11.4. The van der Waals surface area contributed by atoms with Gasteiger partial charge in [0.05, 0.1) is 0 Å². The summed E-state index contributed by atoms with van der Waals surface area (Å²) in [5, 5.41) is 10.4. The Bertz CT molecular complexity index is 581. The largest absolute Gasteiger partial charge is 0.477 e. The normalized spacial score (nSPS) is 11.3. The summed E-state index contributed by atoms with van der Waals surface area (Å²) in [7, 11) is 0. The van der Waals surface area contributed by atoms with Crippen molar-refractivity contribution in [3.05, 3.63) is 35.5 Å². The SMILES string of the molecule is Cc1c(C(=O)O)n(CCC(C)C)c2ccccc12. The van der Waals surface area contributed by atoms with Gasteiger partial charge in [0.25, 0.3) is 0 Å². The Hall–Kier alpha value is -1.77. The van der Waals surface area contributed by atoms with Crippen LogP contribution in [0.15, 0.2) is 24.3 Å². The molecular formula is C15H19NO2. The first-order valence-electron chi connectivity index (χ1n) is 6.33. The highest BCUT2D eigenvalue weighted by Gasteiger charge is 2.18. The fraction of sp³-hybridized carbons (Fsp3) is 0.400. The van der Waals surface area contributed by atoms with E-state index < -0.39 is 5.97 Å². The van der Waals surface area contributed by atoms with E-state index in [0.29, 0.717) is 11.6 Å². The van der Waals surface area contributed by atoms with Crippen LogP contribution in [0.4, 0.5) is 0 Å². The van der Waals surface area contributed by atoms with Crippen LogP contribution in [0.3, 0.4) is 0 Å². The molecule has 3 nitrogen and oxygen atoms in total. The van der Waals surface area contributed by atoms with E-state index in [1.165, 1.54) is 0 Å². The summed E-state index contributed by atoms with van der Waals surface area (Å²) < 4.78 is 1.94. The van der Waals surface area contributed by atoms with Crippen LogP contribution in [0.1, 0.15) is 36.3 Å². The molecule has 0 radical (unpaired) electrons. The molecule has 18 heavy (non-hydrogen) atoms. The second kappa shape index (κ2) is 4.84. The number of hydrogen-bond donors (Lipinski definition) is 1. The van der Waals surface area contributed by atoms with Gasteiger partial charge >= 0.3 is 5.97 Å². The Balaban J connectivity index is 2.60. The number of fused-ring (bicyclic) bond motifs is 1. The Labute approximate surface area is 107 Å². The maximum atomic E-state index is 11.4. The molecule has 0 unspecified atom stereocenters. The van der Waals surface area contributed by atoms with E-state index in [1.54, 1.807) is 0 Å². The van der Waals surface area contributed by atoms with Crippen LogP contribution >= 0.6 is 0 Å². The maximum absolute atomic E-state index is 11.4. The van der Waals surface area contributed by atoms with Crippen LogP contribution in [-0.2, 0) is 6.54 Å². The van der Waals surface area contributed by atoms with E-state index in [2.05, 4.69) is 13.8 Å². The van der Waals surface area contributed by atoms with Gasteiger partial charge < -0.3 is 9.67 Å². The van der Waals surface area contributed by atoms with Crippen molar-refractivity contribution in [2.75, 3.05) is 0 Å². The first-order valence-corrected chi connectivity index (χ1v) is 6.33. The number of carboxylic acids is 1. The number of aromatic nitrogens is 1. The molecule has 1 aromatic carbocycles. The number of rotatable bonds is 4. The molecule has 0 aliphatic heterocycles. The first-order chi connectivity index (χ1) is 8.52. The van der Waals surface area contributed by atoms with Gasteiger partial charge in [-0.15, -0.1) is 0 Å². The van der Waals surface area contributed by atoms with Gasteiger partial charge in [-0.2, -0.15) is 0 Å². The van der Waals surface area contributed by atoms with Crippen LogP contribution in [0.2, 0.25) is 0 Å². The van der Waals surface area contributed by atoms with E-state index in [-0.39, 0.29) is 0 Å². The van der Waals surface area contributed by atoms with E-state index in [9.17, 15) is 9.90 Å². The topological polar surface area (TPSA) is 42.2 Å². The van der Waals surface area contributed by atoms with Crippen molar-refractivity contribution in [3.8, 4) is 0 Å². The monoisotopic (exact) mass is 245 g/mol. The summed E-state index contributed by atoms with van der Waals surface area (Å²) in [6.45, 7) is 6.95. The molecular weight excluding hydrogens is 226 g/mol. The van der Waals surface area contributed by atoms with Gasteiger partial charge in [-0.1, -0.05) is 32.0 Å². The van der Waals surface area contributed by atoms with Crippen molar-refractivity contribution >= 4 is 16.9 Å². The molecule has 96 valence electrons. The lowest BCUT2D eigenvalue weighted by Gasteiger charge is -2.10. The fourth-order valence-electron chi connectivity index (χ4n) is 2.37. The number of hydrogen-bond acceptors (Lipinski definition) is 1. The zero-order valence-electron chi connectivity index (χ0n) is 11.1. The number of carboxylic acid groups (broad SMARTS) is 1. The number of nitrogens with zero attached hydrogens (tertiary/aromatic N) is 1. The van der Waals surface area contributed by atoms with Gasteiger partial charge in [-0.3, -0.25) is 0 Å². The average Bonchev–Trinajstić information content (AvgIpc) is 2.60. The maximum Gasteiger partial charge on any atom is 0.352 e. The average molecular weight is 245 g/mol. The molecule has 0 spiro atoms. The zero-order valence-corrected chi connectivity index (χ0v) is 11.1. The Kier molecular flexibility index (Phi) is 3.41. The Morgan fingerprint density at radius 1 is 1.33 bits per heavy atom. The smallest absolute Gasteiger partial charge is 0.352 e. The molecule has 0 saturated heterocycles. The summed E-state index contributed by atoms with van der Waals surface area (Å²) in [6, 6.07) is 7.89. The minimum atomic E-state index is -0.840. The molecule has 0 fully saturated rings. The van der Waals surface area contributed by atoms with Crippen LogP contribution in [-0.4, -0.2) is 15.6 Å². The van der Waals surface area contributed by atoms with Gasteiger partial charge in [0, 0.05) is 17.4 Å². The third-order valence-corrected chi connectivity index (χ3v) is 3.36. The van der Waals surface area contributed by atoms with E-state index in [1.807, 2.05) is 35.8 Å². The molecule has 3 heteroatoms. The molecule has 0 saturated carbocycles. The minimum absolute atomic E-state index is 0.428. The van der Waals surface area contributed by atoms with E-state index in [0.717, 1.165) is 29.4 Å². The summed E-state index contributed by atoms with van der Waals surface area (Å²) >= 11 is 0. The van der Waals surface area contributed by atoms with Gasteiger partial charge in [0.1, 0.15) is 5.69 Å². The second-order valence-corrected chi connectivity index (χ2v) is 5.13. The number of para-hydroxylation sites is 1. The van der Waals surface area contributed by atoms with Crippen molar-refractivity contribution in [3.63, 3.8) is 0 Å². The third-order valence-electron chi connectivity index (χ3n) is 3.36. The van der Waals surface area contributed by atoms with Gasteiger partial charge in [-0.05, 0) is 30.9 Å². The Morgan fingerprint density at radius 2 is 2.00 bits per heavy atom. The lowest BCUT2D eigenvalue weighted by Crippen LogP contribution is -2.11. The standard InChI is InChI=1S/C15H19NO2/c1-10(2)8-9-16-13-7-5-4-6-12(13)11(3)14(16)15(17)18/h4-7,10H,8-9H2,1-3H3,(H,17,18). The lowest BCUT2D eigenvalue weighted by atomic mass is 10.1. The molecule has 0 aliphatic rings. The number of carbonyl (C=O) groups is 1. The molecule has 2 rings (SSSR count). The number of benzene rings is 1. The van der Waals surface area contributed by atoms with Crippen LogP contribution in [0.5, 0.6) is 0 Å². The van der Waals surface area contributed by atoms with Crippen molar-refractivity contribution in [2.45, 2.75) is 33.7 Å². The quantitative estimate of drug-likeness (QED) is 0.892. The Morgan fingerprint density at radius 3 is 2.61 bits per heavy atom.